The summed E-state index contributed by atoms with van der Waals surface area (Å²) in [6.07, 6.45) is 5.55. The van der Waals surface area contributed by atoms with E-state index in [0.29, 0.717) is 6.10 Å². The van der Waals surface area contributed by atoms with Crippen molar-refractivity contribution in [2.75, 3.05) is 13.7 Å². The molecule has 2 nitrogen and oxygen atoms in total. The van der Waals surface area contributed by atoms with Crippen molar-refractivity contribution in [2.24, 2.45) is 11.7 Å². The molecule has 0 bridgehead atoms. The highest BCUT2D eigenvalue weighted by molar-refractivity contribution is 4.77. The van der Waals surface area contributed by atoms with Crippen LogP contribution in [0.4, 0.5) is 0 Å². The largest absolute Gasteiger partial charge is 0.381 e. The standard InChI is InChI=1S/C8H17NO/c1-10-8(5-6-9)7-3-2-4-7/h7-8H,2-6,9H2,1H3. The highest BCUT2D eigenvalue weighted by Crippen LogP contribution is 2.31. The van der Waals surface area contributed by atoms with Gasteiger partial charge in [-0.3, -0.25) is 0 Å². The summed E-state index contributed by atoms with van der Waals surface area (Å²) in [6.45, 7) is 0.759. The number of ether oxygens (including phenoxy) is 1. The maximum Gasteiger partial charge on any atom is 0.0611 e. The third kappa shape index (κ3) is 1.70. The number of hydrogen-bond donors (Lipinski definition) is 1. The molecule has 1 aliphatic carbocycles. The van der Waals surface area contributed by atoms with Gasteiger partial charge in [-0.05, 0) is 31.7 Å². The summed E-state index contributed by atoms with van der Waals surface area (Å²) in [5, 5.41) is 0. The van der Waals surface area contributed by atoms with E-state index in [1.54, 1.807) is 7.11 Å². The van der Waals surface area contributed by atoms with Crippen molar-refractivity contribution in [3.63, 3.8) is 0 Å². The zero-order valence-corrected chi connectivity index (χ0v) is 6.68. The minimum Gasteiger partial charge on any atom is -0.381 e. The lowest BCUT2D eigenvalue weighted by Crippen LogP contribution is -2.30. The first-order valence-electron chi connectivity index (χ1n) is 4.11. The highest BCUT2D eigenvalue weighted by atomic mass is 16.5. The second-order valence-corrected chi connectivity index (χ2v) is 3.04. The molecule has 0 radical (unpaired) electrons. The fraction of sp³-hybridized carbons (Fsp3) is 1.00. The summed E-state index contributed by atoms with van der Waals surface area (Å²) >= 11 is 0. The molecule has 0 heterocycles. The van der Waals surface area contributed by atoms with Gasteiger partial charge in [0.1, 0.15) is 0 Å². The molecule has 1 aliphatic rings. The average molecular weight is 143 g/mol. The van der Waals surface area contributed by atoms with Gasteiger partial charge in [0.2, 0.25) is 0 Å². The molecule has 1 fully saturated rings. The van der Waals surface area contributed by atoms with Gasteiger partial charge >= 0.3 is 0 Å². The molecular formula is C8H17NO. The van der Waals surface area contributed by atoms with Crippen molar-refractivity contribution < 1.29 is 4.74 Å². The molecule has 60 valence electrons. The first-order valence-corrected chi connectivity index (χ1v) is 4.11. The van der Waals surface area contributed by atoms with Crippen LogP contribution in [0.15, 0.2) is 0 Å². The predicted octanol–water partition coefficient (Wildman–Crippen LogP) is 1.15. The van der Waals surface area contributed by atoms with E-state index in [1.807, 2.05) is 0 Å². The second-order valence-electron chi connectivity index (χ2n) is 3.04. The minimum atomic E-state index is 0.443. The SMILES string of the molecule is COC(CCN)C1CCC1. The van der Waals surface area contributed by atoms with Gasteiger partial charge in [0.15, 0.2) is 0 Å². The Hall–Kier alpha value is -0.0800. The van der Waals surface area contributed by atoms with Crippen LogP contribution < -0.4 is 5.73 Å². The molecular weight excluding hydrogens is 126 g/mol. The van der Waals surface area contributed by atoms with Crippen LogP contribution in [0.2, 0.25) is 0 Å². The Bertz CT molecular complexity index is 91.3. The fourth-order valence-corrected chi connectivity index (χ4v) is 1.52. The first kappa shape index (κ1) is 8.02. The molecule has 0 amide bonds. The van der Waals surface area contributed by atoms with Gasteiger partial charge in [0, 0.05) is 7.11 Å². The Kier molecular flexibility index (Phi) is 3.16. The Morgan fingerprint density at radius 1 is 1.60 bits per heavy atom. The summed E-state index contributed by atoms with van der Waals surface area (Å²) in [5.41, 5.74) is 5.44. The van der Waals surface area contributed by atoms with Gasteiger partial charge in [-0.1, -0.05) is 6.42 Å². The molecule has 2 heteroatoms. The summed E-state index contributed by atoms with van der Waals surface area (Å²) in [7, 11) is 1.79. The van der Waals surface area contributed by atoms with Crippen molar-refractivity contribution in [1.29, 1.82) is 0 Å². The molecule has 2 N–H and O–H groups in total. The third-order valence-corrected chi connectivity index (χ3v) is 2.43. The summed E-state index contributed by atoms with van der Waals surface area (Å²) < 4.78 is 5.31. The maximum atomic E-state index is 5.44. The molecule has 0 saturated heterocycles. The van der Waals surface area contributed by atoms with Gasteiger partial charge in [0.25, 0.3) is 0 Å². The third-order valence-electron chi connectivity index (χ3n) is 2.43. The van der Waals surface area contributed by atoms with E-state index in [0.717, 1.165) is 18.9 Å². The van der Waals surface area contributed by atoms with E-state index in [-0.39, 0.29) is 0 Å². The van der Waals surface area contributed by atoms with Gasteiger partial charge in [-0.25, -0.2) is 0 Å². The van der Waals surface area contributed by atoms with E-state index in [2.05, 4.69) is 0 Å². The average Bonchev–Trinajstić information content (AvgIpc) is 1.83. The van der Waals surface area contributed by atoms with Crippen LogP contribution in [-0.2, 0) is 4.74 Å². The summed E-state index contributed by atoms with van der Waals surface area (Å²) in [4.78, 5) is 0. The maximum absolute atomic E-state index is 5.44. The van der Waals surface area contributed by atoms with Crippen LogP contribution in [0.1, 0.15) is 25.7 Å². The van der Waals surface area contributed by atoms with Gasteiger partial charge in [0.05, 0.1) is 6.10 Å². The van der Waals surface area contributed by atoms with Crippen LogP contribution in [-0.4, -0.2) is 19.8 Å². The van der Waals surface area contributed by atoms with Crippen LogP contribution in [0.5, 0.6) is 0 Å². The minimum absolute atomic E-state index is 0.443. The lowest BCUT2D eigenvalue weighted by Gasteiger charge is -2.32. The van der Waals surface area contributed by atoms with Crippen molar-refractivity contribution in [3.8, 4) is 0 Å². The molecule has 0 spiro atoms. The Morgan fingerprint density at radius 3 is 2.60 bits per heavy atom. The van der Waals surface area contributed by atoms with E-state index in [9.17, 15) is 0 Å². The number of methoxy groups -OCH3 is 1. The Balaban J connectivity index is 2.17. The van der Waals surface area contributed by atoms with E-state index in [1.165, 1.54) is 19.3 Å². The Morgan fingerprint density at radius 2 is 2.30 bits per heavy atom. The molecule has 1 atom stereocenters. The van der Waals surface area contributed by atoms with Crippen LogP contribution in [0.3, 0.4) is 0 Å². The van der Waals surface area contributed by atoms with E-state index in [4.69, 9.17) is 10.5 Å². The number of rotatable bonds is 4. The molecule has 0 aromatic rings. The summed E-state index contributed by atoms with van der Waals surface area (Å²) in [5.74, 6) is 0.813. The van der Waals surface area contributed by atoms with Crippen LogP contribution in [0, 0.1) is 5.92 Å². The van der Waals surface area contributed by atoms with Crippen molar-refractivity contribution >= 4 is 0 Å². The molecule has 10 heavy (non-hydrogen) atoms. The molecule has 1 saturated carbocycles. The van der Waals surface area contributed by atoms with Crippen LogP contribution in [0.25, 0.3) is 0 Å². The quantitative estimate of drug-likeness (QED) is 0.640. The zero-order chi connectivity index (χ0) is 7.40. The smallest absolute Gasteiger partial charge is 0.0611 e. The lowest BCUT2D eigenvalue weighted by molar-refractivity contribution is 0.0154. The Labute approximate surface area is 62.7 Å². The van der Waals surface area contributed by atoms with Crippen LogP contribution >= 0.6 is 0 Å². The molecule has 0 aliphatic heterocycles. The molecule has 0 aromatic carbocycles. The first-order chi connectivity index (χ1) is 4.88. The zero-order valence-electron chi connectivity index (χ0n) is 6.68. The molecule has 0 aromatic heterocycles. The van der Waals surface area contributed by atoms with Crippen molar-refractivity contribution in [1.82, 2.24) is 0 Å². The fourth-order valence-electron chi connectivity index (χ4n) is 1.52. The number of nitrogens with two attached hydrogens (primary N) is 1. The van der Waals surface area contributed by atoms with E-state index < -0.39 is 0 Å². The lowest BCUT2D eigenvalue weighted by atomic mass is 9.80. The monoisotopic (exact) mass is 143 g/mol. The predicted molar refractivity (Wildman–Crippen MR) is 41.8 cm³/mol. The number of hydrogen-bond acceptors (Lipinski definition) is 2. The van der Waals surface area contributed by atoms with Gasteiger partial charge in [-0.2, -0.15) is 0 Å². The molecule has 1 rings (SSSR count). The highest BCUT2D eigenvalue weighted by Gasteiger charge is 2.26. The topological polar surface area (TPSA) is 35.2 Å². The normalized spacial score (nSPS) is 22.2. The van der Waals surface area contributed by atoms with Gasteiger partial charge in [-0.15, -0.1) is 0 Å². The van der Waals surface area contributed by atoms with Gasteiger partial charge < -0.3 is 10.5 Å². The van der Waals surface area contributed by atoms with E-state index >= 15 is 0 Å². The summed E-state index contributed by atoms with van der Waals surface area (Å²) in [6, 6.07) is 0. The van der Waals surface area contributed by atoms with Crippen molar-refractivity contribution in [2.45, 2.75) is 31.8 Å². The van der Waals surface area contributed by atoms with Crippen molar-refractivity contribution in [3.05, 3.63) is 0 Å². The molecule has 1 unspecified atom stereocenters. The second kappa shape index (κ2) is 3.94.